The fourth-order valence-electron chi connectivity index (χ4n) is 2.28. The average molecular weight is 478 g/mol. The number of rotatable bonds is 14. The van der Waals surface area contributed by atoms with Crippen LogP contribution in [-0.2, 0) is 0 Å². The Morgan fingerprint density at radius 3 is 1.61 bits per heavy atom. The molecule has 18 heavy (non-hydrogen) atoms. The summed E-state index contributed by atoms with van der Waals surface area (Å²) in [6.07, 6.45) is 18.8. The normalized spacial score (nSPS) is 12.8. The highest BCUT2D eigenvalue weighted by Gasteiger charge is 2.03. The number of unbranched alkanes of at least 4 members (excludes halogenated alkanes) is 9. The molecule has 2 heteroatoms. The zero-order chi connectivity index (χ0) is 13.5. The molecular weight excluding hydrogens is 446 g/mol. The smallest absolute Gasteiger partial charge is 0.0110 e. The van der Waals surface area contributed by atoms with Crippen molar-refractivity contribution in [3.63, 3.8) is 0 Å². The van der Waals surface area contributed by atoms with E-state index in [1.165, 1.54) is 87.9 Å². The standard InChI is InChI=1S/C16H32I2/c1-2-3-4-5-6-7-8-10-13-16(18)14-11-9-12-15-17/h16H,2-15H2,1H3. The van der Waals surface area contributed by atoms with Crippen molar-refractivity contribution >= 4 is 45.2 Å². The molecule has 0 aliphatic rings. The zero-order valence-electron chi connectivity index (χ0n) is 12.2. The van der Waals surface area contributed by atoms with Crippen molar-refractivity contribution in [2.45, 2.75) is 94.3 Å². The van der Waals surface area contributed by atoms with Crippen LogP contribution in [0, 0.1) is 0 Å². The third-order valence-corrected chi connectivity index (χ3v) is 5.53. The van der Waals surface area contributed by atoms with Gasteiger partial charge in [-0.2, -0.15) is 0 Å². The SMILES string of the molecule is CCCCCCCCCCC(I)CCCCCI. The molecule has 0 aromatic carbocycles. The van der Waals surface area contributed by atoms with E-state index in [9.17, 15) is 0 Å². The van der Waals surface area contributed by atoms with Crippen molar-refractivity contribution in [3.8, 4) is 0 Å². The first-order valence-electron chi connectivity index (χ1n) is 8.01. The summed E-state index contributed by atoms with van der Waals surface area (Å²) in [7, 11) is 0. The molecule has 110 valence electrons. The van der Waals surface area contributed by atoms with Gasteiger partial charge in [0.05, 0.1) is 0 Å². The van der Waals surface area contributed by atoms with Crippen LogP contribution in [-0.4, -0.2) is 8.35 Å². The Morgan fingerprint density at radius 1 is 0.667 bits per heavy atom. The van der Waals surface area contributed by atoms with Gasteiger partial charge in [0.2, 0.25) is 0 Å². The summed E-state index contributed by atoms with van der Waals surface area (Å²) >= 11 is 5.16. The van der Waals surface area contributed by atoms with Crippen molar-refractivity contribution < 1.29 is 0 Å². The summed E-state index contributed by atoms with van der Waals surface area (Å²) < 4.78 is 2.28. The van der Waals surface area contributed by atoms with E-state index in [0.29, 0.717) is 0 Å². The van der Waals surface area contributed by atoms with Crippen LogP contribution in [0.25, 0.3) is 0 Å². The van der Waals surface area contributed by atoms with Crippen LogP contribution < -0.4 is 0 Å². The minimum atomic E-state index is 0.942. The van der Waals surface area contributed by atoms with Gasteiger partial charge in [-0.3, -0.25) is 0 Å². The molecule has 0 heterocycles. The molecule has 0 aliphatic heterocycles. The second kappa shape index (κ2) is 16.5. The number of alkyl halides is 2. The molecule has 0 nitrogen and oxygen atoms in total. The number of halogens is 2. The quantitative estimate of drug-likeness (QED) is 0.140. The first-order valence-corrected chi connectivity index (χ1v) is 10.8. The Hall–Kier alpha value is 1.46. The first kappa shape index (κ1) is 19.5. The summed E-state index contributed by atoms with van der Waals surface area (Å²) in [4.78, 5) is 0. The first-order chi connectivity index (χ1) is 8.81. The molecule has 0 amide bonds. The summed E-state index contributed by atoms with van der Waals surface area (Å²) in [5.41, 5.74) is 0. The van der Waals surface area contributed by atoms with Gasteiger partial charge in [0.1, 0.15) is 0 Å². The fraction of sp³-hybridized carbons (Fsp3) is 1.00. The van der Waals surface area contributed by atoms with Crippen molar-refractivity contribution in [1.82, 2.24) is 0 Å². The Morgan fingerprint density at radius 2 is 1.11 bits per heavy atom. The van der Waals surface area contributed by atoms with E-state index in [1.54, 1.807) is 0 Å². The maximum atomic E-state index is 2.67. The molecule has 1 atom stereocenters. The second-order valence-electron chi connectivity index (χ2n) is 5.40. The van der Waals surface area contributed by atoms with Gasteiger partial charge >= 0.3 is 0 Å². The van der Waals surface area contributed by atoms with Crippen LogP contribution in [0.3, 0.4) is 0 Å². The van der Waals surface area contributed by atoms with Crippen molar-refractivity contribution in [3.05, 3.63) is 0 Å². The third kappa shape index (κ3) is 15.5. The van der Waals surface area contributed by atoms with E-state index in [4.69, 9.17) is 0 Å². The molecule has 0 rings (SSSR count). The predicted molar refractivity (Wildman–Crippen MR) is 102 cm³/mol. The Balaban J connectivity index is 3.08. The van der Waals surface area contributed by atoms with Crippen LogP contribution in [0.2, 0.25) is 0 Å². The molecule has 0 spiro atoms. The summed E-state index contributed by atoms with van der Waals surface area (Å²) in [6.45, 7) is 2.29. The molecular formula is C16H32I2. The zero-order valence-corrected chi connectivity index (χ0v) is 16.5. The van der Waals surface area contributed by atoms with Gasteiger partial charge in [-0.25, -0.2) is 0 Å². The molecule has 0 saturated heterocycles. The van der Waals surface area contributed by atoms with Gasteiger partial charge in [-0.15, -0.1) is 0 Å². The van der Waals surface area contributed by atoms with Crippen molar-refractivity contribution in [1.29, 1.82) is 0 Å². The minimum absolute atomic E-state index is 0.942. The van der Waals surface area contributed by atoms with Crippen LogP contribution >= 0.6 is 45.2 Å². The van der Waals surface area contributed by atoms with Crippen LogP contribution in [0.1, 0.15) is 90.4 Å². The number of hydrogen-bond donors (Lipinski definition) is 0. The van der Waals surface area contributed by atoms with Crippen molar-refractivity contribution in [2.75, 3.05) is 4.43 Å². The highest BCUT2D eigenvalue weighted by molar-refractivity contribution is 14.1. The molecule has 0 N–H and O–H groups in total. The monoisotopic (exact) mass is 478 g/mol. The second-order valence-corrected chi connectivity index (χ2v) is 8.24. The topological polar surface area (TPSA) is 0 Å². The Bertz CT molecular complexity index is 148. The Kier molecular flexibility index (Phi) is 17.9. The van der Waals surface area contributed by atoms with E-state index in [1.807, 2.05) is 0 Å². The highest BCUT2D eigenvalue weighted by Crippen LogP contribution is 2.19. The maximum Gasteiger partial charge on any atom is 0.0110 e. The van der Waals surface area contributed by atoms with Gasteiger partial charge in [-0.05, 0) is 23.7 Å². The minimum Gasteiger partial charge on any atom is -0.0864 e. The van der Waals surface area contributed by atoms with Gasteiger partial charge in [0.25, 0.3) is 0 Å². The van der Waals surface area contributed by atoms with E-state index >= 15 is 0 Å². The van der Waals surface area contributed by atoms with Gasteiger partial charge < -0.3 is 0 Å². The molecule has 0 bridgehead atoms. The van der Waals surface area contributed by atoms with Gasteiger partial charge in [0, 0.05) is 3.92 Å². The van der Waals surface area contributed by atoms with Crippen LogP contribution in [0.5, 0.6) is 0 Å². The molecule has 0 aromatic heterocycles. The van der Waals surface area contributed by atoms with Crippen LogP contribution in [0.15, 0.2) is 0 Å². The van der Waals surface area contributed by atoms with E-state index < -0.39 is 0 Å². The summed E-state index contributed by atoms with van der Waals surface area (Å²) in [5, 5.41) is 0. The molecule has 1 unspecified atom stereocenters. The molecule has 0 aromatic rings. The largest absolute Gasteiger partial charge is 0.0864 e. The lowest BCUT2D eigenvalue weighted by Crippen LogP contribution is -1.97. The lowest BCUT2D eigenvalue weighted by molar-refractivity contribution is 0.550. The van der Waals surface area contributed by atoms with Crippen molar-refractivity contribution in [2.24, 2.45) is 0 Å². The highest BCUT2D eigenvalue weighted by atomic mass is 127. The maximum absolute atomic E-state index is 2.67. The third-order valence-electron chi connectivity index (χ3n) is 3.52. The summed E-state index contributed by atoms with van der Waals surface area (Å²) in [6, 6.07) is 0. The lowest BCUT2D eigenvalue weighted by atomic mass is 10.0. The predicted octanol–water partition coefficient (Wildman–Crippen LogP) is 7.32. The number of hydrogen-bond acceptors (Lipinski definition) is 0. The molecule has 0 radical (unpaired) electrons. The average Bonchev–Trinajstić information content (AvgIpc) is 2.38. The van der Waals surface area contributed by atoms with E-state index in [0.717, 1.165) is 3.92 Å². The molecule has 0 aliphatic carbocycles. The van der Waals surface area contributed by atoms with Gasteiger partial charge in [-0.1, -0.05) is 116 Å². The molecule has 0 fully saturated rings. The lowest BCUT2D eigenvalue weighted by Gasteiger charge is -2.09. The van der Waals surface area contributed by atoms with E-state index in [2.05, 4.69) is 52.1 Å². The van der Waals surface area contributed by atoms with Crippen LogP contribution in [0.4, 0.5) is 0 Å². The molecule has 0 saturated carbocycles. The fourth-order valence-corrected chi connectivity index (χ4v) is 3.70. The summed E-state index contributed by atoms with van der Waals surface area (Å²) in [5.74, 6) is 0. The van der Waals surface area contributed by atoms with Gasteiger partial charge in [0.15, 0.2) is 0 Å². The van der Waals surface area contributed by atoms with E-state index in [-0.39, 0.29) is 0 Å². The Labute approximate surface area is 143 Å².